The molecule has 0 saturated carbocycles. The van der Waals surface area contributed by atoms with Gasteiger partial charge in [-0.2, -0.15) is 0 Å². The molecule has 5 heteroatoms. The van der Waals surface area contributed by atoms with Crippen LogP contribution in [0, 0.1) is 0 Å². The average Bonchev–Trinajstić information content (AvgIpc) is 2.71. The Bertz CT molecular complexity index is 435. The van der Waals surface area contributed by atoms with Crippen LogP contribution in [0.5, 0.6) is 0 Å². The molecule has 2 heterocycles. The van der Waals surface area contributed by atoms with Gasteiger partial charge in [0.05, 0.1) is 14.8 Å². The zero-order valence-corrected chi connectivity index (χ0v) is 8.75. The lowest BCUT2D eigenvalue weighted by atomic mass is 10.5. The van der Waals surface area contributed by atoms with Gasteiger partial charge in [0.1, 0.15) is 5.01 Å². The highest BCUT2D eigenvalue weighted by Crippen LogP contribution is 2.31. The summed E-state index contributed by atoms with van der Waals surface area (Å²) < 4.78 is 0. The zero-order valence-electron chi connectivity index (χ0n) is 6.36. The Hall–Kier alpha value is -0.710. The number of carbonyl (C=O) groups is 1. The molecule has 0 amide bonds. The average molecular weight is 230 g/mol. The van der Waals surface area contributed by atoms with E-state index < -0.39 is 0 Å². The van der Waals surface area contributed by atoms with E-state index in [-0.39, 0.29) is 0 Å². The van der Waals surface area contributed by atoms with E-state index in [0.717, 1.165) is 16.2 Å². The molecule has 0 aromatic carbocycles. The summed E-state index contributed by atoms with van der Waals surface area (Å²) in [6.07, 6.45) is 2.37. The molecule has 0 N–H and O–H groups in total. The lowest BCUT2D eigenvalue weighted by molar-refractivity contribution is 0.112. The summed E-state index contributed by atoms with van der Waals surface area (Å²) in [6, 6.07) is 1.85. The van der Waals surface area contributed by atoms with E-state index in [1.807, 2.05) is 11.4 Å². The summed E-state index contributed by atoms with van der Waals surface area (Å²) in [4.78, 5) is 16.2. The van der Waals surface area contributed by atoms with Crippen molar-refractivity contribution < 1.29 is 4.79 Å². The van der Waals surface area contributed by atoms with E-state index in [2.05, 4.69) is 4.98 Å². The molecular weight excluding hydrogens is 226 g/mol. The topological polar surface area (TPSA) is 30.0 Å². The first kappa shape index (κ1) is 8.87. The molecule has 0 saturated heterocycles. The minimum atomic E-state index is 0.638. The van der Waals surface area contributed by atoms with E-state index >= 15 is 0 Å². The number of aldehydes is 1. The predicted molar refractivity (Wildman–Crippen MR) is 55.8 cm³/mol. The quantitative estimate of drug-likeness (QED) is 0.740. The van der Waals surface area contributed by atoms with Crippen molar-refractivity contribution in [3.05, 3.63) is 27.5 Å². The molecule has 0 atom stereocenters. The van der Waals surface area contributed by atoms with Gasteiger partial charge in [-0.05, 0) is 6.07 Å². The number of hydrogen-bond donors (Lipinski definition) is 0. The third kappa shape index (κ3) is 1.80. The molecule has 0 aliphatic carbocycles. The van der Waals surface area contributed by atoms with Crippen molar-refractivity contribution in [1.29, 1.82) is 0 Å². The van der Waals surface area contributed by atoms with Crippen molar-refractivity contribution in [3.8, 4) is 9.88 Å². The monoisotopic (exact) mass is 229 g/mol. The number of carbonyl (C=O) groups excluding carboxylic acids is 1. The third-order valence-corrected chi connectivity index (χ3v) is 3.79. The molecule has 66 valence electrons. The first-order valence-corrected chi connectivity index (χ1v) is 5.52. The van der Waals surface area contributed by atoms with Gasteiger partial charge in [-0.1, -0.05) is 11.6 Å². The number of thiazole rings is 1. The first-order valence-electron chi connectivity index (χ1n) is 3.45. The Morgan fingerprint density at radius 1 is 1.54 bits per heavy atom. The summed E-state index contributed by atoms with van der Waals surface area (Å²) in [7, 11) is 0. The summed E-state index contributed by atoms with van der Waals surface area (Å²) in [6.45, 7) is 0. The van der Waals surface area contributed by atoms with Crippen molar-refractivity contribution in [2.75, 3.05) is 0 Å². The molecule has 2 nitrogen and oxygen atoms in total. The normalized spacial score (nSPS) is 10.2. The minimum Gasteiger partial charge on any atom is -0.297 e. The van der Waals surface area contributed by atoms with Gasteiger partial charge in [-0.25, -0.2) is 4.98 Å². The molecule has 0 unspecified atom stereocenters. The van der Waals surface area contributed by atoms with Crippen molar-refractivity contribution in [2.45, 2.75) is 0 Å². The van der Waals surface area contributed by atoms with Gasteiger partial charge in [0.2, 0.25) is 0 Å². The van der Waals surface area contributed by atoms with Crippen molar-refractivity contribution in [1.82, 2.24) is 4.98 Å². The van der Waals surface area contributed by atoms with E-state index in [4.69, 9.17) is 11.6 Å². The minimum absolute atomic E-state index is 0.638. The molecule has 0 bridgehead atoms. The predicted octanol–water partition coefficient (Wildman–Crippen LogP) is 3.34. The summed E-state index contributed by atoms with van der Waals surface area (Å²) >= 11 is 8.67. The van der Waals surface area contributed by atoms with Gasteiger partial charge in [-0.15, -0.1) is 22.7 Å². The van der Waals surface area contributed by atoms with Crippen molar-refractivity contribution >= 4 is 40.6 Å². The van der Waals surface area contributed by atoms with E-state index in [0.29, 0.717) is 9.90 Å². The molecule has 0 fully saturated rings. The van der Waals surface area contributed by atoms with E-state index in [1.54, 1.807) is 6.20 Å². The Kier molecular flexibility index (Phi) is 2.44. The number of halogens is 1. The molecule has 2 aromatic heterocycles. The van der Waals surface area contributed by atoms with Crippen molar-refractivity contribution in [3.63, 3.8) is 0 Å². The lowest BCUT2D eigenvalue weighted by Crippen LogP contribution is -1.64. The van der Waals surface area contributed by atoms with Crippen molar-refractivity contribution in [2.24, 2.45) is 0 Å². The largest absolute Gasteiger partial charge is 0.297 e. The van der Waals surface area contributed by atoms with E-state index in [9.17, 15) is 4.79 Å². The highest BCUT2D eigenvalue weighted by molar-refractivity contribution is 7.22. The maximum Gasteiger partial charge on any atom is 0.161 e. The number of hydrogen-bond acceptors (Lipinski definition) is 4. The summed E-state index contributed by atoms with van der Waals surface area (Å²) in [5.74, 6) is 0. The molecule has 0 aliphatic rings. The van der Waals surface area contributed by atoms with E-state index in [1.165, 1.54) is 22.7 Å². The summed E-state index contributed by atoms with van der Waals surface area (Å²) in [5.41, 5.74) is 0. The van der Waals surface area contributed by atoms with Crippen LogP contribution in [0.4, 0.5) is 0 Å². The van der Waals surface area contributed by atoms with Crippen LogP contribution in [0.3, 0.4) is 0 Å². The molecule has 2 rings (SSSR count). The molecular formula is C8H4ClNOS2. The highest BCUT2D eigenvalue weighted by Gasteiger charge is 2.06. The Balaban J connectivity index is 2.40. The fourth-order valence-corrected chi connectivity index (χ4v) is 2.75. The van der Waals surface area contributed by atoms with Gasteiger partial charge < -0.3 is 0 Å². The van der Waals surface area contributed by atoms with Gasteiger partial charge in [-0.3, -0.25) is 4.79 Å². The Morgan fingerprint density at radius 3 is 2.92 bits per heavy atom. The fourth-order valence-electron chi connectivity index (χ4n) is 0.880. The SMILES string of the molecule is O=Cc1cnc(-c2cc(Cl)cs2)s1. The lowest BCUT2D eigenvalue weighted by Gasteiger charge is -1.84. The Morgan fingerprint density at radius 2 is 2.38 bits per heavy atom. The number of thiophene rings is 1. The molecule has 0 aliphatic heterocycles. The highest BCUT2D eigenvalue weighted by atomic mass is 35.5. The zero-order chi connectivity index (χ0) is 9.26. The number of nitrogens with zero attached hydrogens (tertiary/aromatic N) is 1. The van der Waals surface area contributed by atoms with Gasteiger partial charge in [0.25, 0.3) is 0 Å². The second kappa shape index (κ2) is 3.57. The van der Waals surface area contributed by atoms with Crippen LogP contribution >= 0.6 is 34.3 Å². The van der Waals surface area contributed by atoms with Crippen LogP contribution in [0.2, 0.25) is 5.02 Å². The molecule has 0 spiro atoms. The first-order chi connectivity index (χ1) is 6.29. The molecule has 0 radical (unpaired) electrons. The fraction of sp³-hybridized carbons (Fsp3) is 0. The third-order valence-electron chi connectivity index (χ3n) is 1.42. The second-order valence-corrected chi connectivity index (χ2v) is 4.72. The maximum absolute atomic E-state index is 10.4. The van der Waals surface area contributed by atoms with Gasteiger partial charge in [0, 0.05) is 11.6 Å². The van der Waals surface area contributed by atoms with Gasteiger partial charge >= 0.3 is 0 Å². The molecule has 2 aromatic rings. The van der Waals surface area contributed by atoms with Crippen LogP contribution in [-0.2, 0) is 0 Å². The standard InChI is InChI=1S/C8H4ClNOS2/c9-5-1-7(12-4-5)8-10-2-6(3-11)13-8/h1-4H. The van der Waals surface area contributed by atoms with Crippen LogP contribution < -0.4 is 0 Å². The smallest absolute Gasteiger partial charge is 0.161 e. The Labute approximate surface area is 87.8 Å². The maximum atomic E-state index is 10.4. The second-order valence-electron chi connectivity index (χ2n) is 2.31. The summed E-state index contributed by atoms with van der Waals surface area (Å²) in [5, 5.41) is 3.40. The number of aromatic nitrogens is 1. The number of rotatable bonds is 2. The van der Waals surface area contributed by atoms with Crippen LogP contribution in [-0.4, -0.2) is 11.3 Å². The van der Waals surface area contributed by atoms with Gasteiger partial charge in [0.15, 0.2) is 6.29 Å². The van der Waals surface area contributed by atoms with Crippen LogP contribution in [0.15, 0.2) is 17.6 Å². The molecule has 13 heavy (non-hydrogen) atoms. The van der Waals surface area contributed by atoms with Crippen LogP contribution in [0.1, 0.15) is 9.67 Å². The van der Waals surface area contributed by atoms with Crippen LogP contribution in [0.25, 0.3) is 9.88 Å².